The fraction of sp³-hybridized carbons (Fsp3) is 0.172. The van der Waals surface area contributed by atoms with Gasteiger partial charge < -0.3 is 14.9 Å². The molecule has 0 radical (unpaired) electrons. The van der Waals surface area contributed by atoms with Crippen LogP contribution in [0.4, 0.5) is 9.52 Å². The molecule has 3 heterocycles. The number of aromatic nitrogens is 2. The highest BCUT2D eigenvalue weighted by Gasteiger charge is 2.48. The summed E-state index contributed by atoms with van der Waals surface area (Å²) < 4.78 is 20.3. The van der Waals surface area contributed by atoms with Crippen LogP contribution in [-0.2, 0) is 21.8 Å². The molecular weight excluding hydrogens is 553 g/mol. The van der Waals surface area contributed by atoms with E-state index in [4.69, 9.17) is 4.74 Å². The van der Waals surface area contributed by atoms with E-state index in [0.29, 0.717) is 39.0 Å². The molecule has 2 atom stereocenters. The molecule has 0 aliphatic carbocycles. The fourth-order valence-electron chi connectivity index (χ4n) is 4.88. The van der Waals surface area contributed by atoms with Gasteiger partial charge in [-0.3, -0.25) is 14.5 Å². The SMILES string of the molecule is CC1Cc2cc(/C(O)=C3/C(=O)C(=O)N(c4nnc(SCc5ccccc5F)s4)C3c3cccc(O)c3)ccc2O1. The van der Waals surface area contributed by atoms with E-state index in [1.54, 1.807) is 48.5 Å². The number of amides is 1. The number of ketones is 1. The number of rotatable bonds is 6. The van der Waals surface area contributed by atoms with Crippen molar-refractivity contribution < 1.29 is 28.9 Å². The number of Topliss-reactive ketones (excluding diaryl/α,β-unsaturated/α-hetero) is 1. The average molecular weight is 576 g/mol. The van der Waals surface area contributed by atoms with E-state index in [0.717, 1.165) is 16.9 Å². The van der Waals surface area contributed by atoms with E-state index < -0.39 is 17.7 Å². The van der Waals surface area contributed by atoms with Crippen molar-refractivity contribution in [2.45, 2.75) is 35.6 Å². The Bertz CT molecular complexity index is 1690. The van der Waals surface area contributed by atoms with Gasteiger partial charge >= 0.3 is 5.91 Å². The number of carbonyl (C=O) groups excluding carboxylic acids is 2. The standard InChI is InChI=1S/C29H22FN3O5S2/c1-15-11-19-12-17(9-10-22(19)38-15)25(35)23-24(16-6-4-7-20(34)13-16)33(27(37)26(23)36)28-31-32-29(40-28)39-14-18-5-2-3-8-21(18)30/h2-10,12-13,15,24,34-35H,11,14H2,1H3/b25-23-. The van der Waals surface area contributed by atoms with Gasteiger partial charge in [0.15, 0.2) is 4.34 Å². The van der Waals surface area contributed by atoms with Crippen LogP contribution in [0.1, 0.15) is 35.2 Å². The maximum atomic E-state index is 14.1. The summed E-state index contributed by atoms with van der Waals surface area (Å²) in [5.74, 6) is -1.48. The topological polar surface area (TPSA) is 113 Å². The summed E-state index contributed by atoms with van der Waals surface area (Å²) in [6.07, 6.45) is 0.645. The first-order valence-corrected chi connectivity index (χ1v) is 14.2. The van der Waals surface area contributed by atoms with Crippen LogP contribution in [0.15, 0.2) is 76.6 Å². The molecule has 1 aromatic heterocycles. The van der Waals surface area contributed by atoms with Gasteiger partial charge in [-0.1, -0.05) is 53.4 Å². The first kappa shape index (κ1) is 26.0. The number of phenolic OH excluding ortho intramolecular Hbond substituents is 1. The Kier molecular flexibility index (Phi) is 6.77. The molecule has 8 nitrogen and oxygen atoms in total. The highest BCUT2D eigenvalue weighted by atomic mass is 32.2. The van der Waals surface area contributed by atoms with Crippen LogP contribution in [0.25, 0.3) is 5.76 Å². The number of aliphatic hydroxyl groups excluding tert-OH is 1. The van der Waals surface area contributed by atoms with Crippen molar-refractivity contribution >= 4 is 45.7 Å². The average Bonchev–Trinajstić information content (AvgIpc) is 3.63. The molecule has 6 rings (SSSR count). The van der Waals surface area contributed by atoms with Gasteiger partial charge in [-0.2, -0.15) is 0 Å². The highest BCUT2D eigenvalue weighted by Crippen LogP contribution is 2.45. The smallest absolute Gasteiger partial charge is 0.301 e. The van der Waals surface area contributed by atoms with E-state index >= 15 is 0 Å². The van der Waals surface area contributed by atoms with Gasteiger partial charge in [0, 0.05) is 17.7 Å². The summed E-state index contributed by atoms with van der Waals surface area (Å²) in [6.45, 7) is 1.94. The van der Waals surface area contributed by atoms with E-state index in [1.165, 1.54) is 34.9 Å². The Morgan fingerprint density at radius 3 is 2.75 bits per heavy atom. The molecule has 0 spiro atoms. The molecule has 0 bridgehead atoms. The first-order valence-electron chi connectivity index (χ1n) is 12.4. The maximum Gasteiger partial charge on any atom is 0.301 e. The Hall–Kier alpha value is -4.22. The summed E-state index contributed by atoms with van der Waals surface area (Å²) in [5.41, 5.74) is 2.05. The van der Waals surface area contributed by atoms with E-state index in [-0.39, 0.29) is 34.1 Å². The second-order valence-electron chi connectivity index (χ2n) is 9.45. The number of ether oxygens (including phenoxy) is 1. The molecule has 2 aliphatic heterocycles. The number of aliphatic hydroxyl groups is 1. The highest BCUT2D eigenvalue weighted by molar-refractivity contribution is 8.00. The van der Waals surface area contributed by atoms with Gasteiger partial charge in [0.2, 0.25) is 5.13 Å². The zero-order valence-electron chi connectivity index (χ0n) is 21.1. The van der Waals surface area contributed by atoms with Crippen molar-refractivity contribution in [3.8, 4) is 11.5 Å². The zero-order valence-corrected chi connectivity index (χ0v) is 22.7. The molecule has 40 heavy (non-hydrogen) atoms. The van der Waals surface area contributed by atoms with Crippen molar-refractivity contribution in [1.29, 1.82) is 0 Å². The van der Waals surface area contributed by atoms with Gasteiger partial charge in [0.1, 0.15) is 29.2 Å². The van der Waals surface area contributed by atoms with Crippen molar-refractivity contribution in [2.24, 2.45) is 0 Å². The molecule has 2 aliphatic rings. The zero-order chi connectivity index (χ0) is 28.0. The minimum Gasteiger partial charge on any atom is -0.508 e. The molecule has 202 valence electrons. The van der Waals surface area contributed by atoms with Crippen LogP contribution in [0.5, 0.6) is 11.5 Å². The van der Waals surface area contributed by atoms with Crippen molar-refractivity contribution in [1.82, 2.24) is 10.2 Å². The minimum atomic E-state index is -1.06. The number of hydrogen-bond donors (Lipinski definition) is 2. The summed E-state index contributed by atoms with van der Waals surface area (Å²) in [6, 6.07) is 16.6. The van der Waals surface area contributed by atoms with Crippen LogP contribution >= 0.6 is 23.1 Å². The predicted octanol–water partition coefficient (Wildman–Crippen LogP) is 5.62. The number of benzene rings is 3. The largest absolute Gasteiger partial charge is 0.508 e. The lowest BCUT2D eigenvalue weighted by Crippen LogP contribution is -2.29. The number of aromatic hydroxyl groups is 1. The summed E-state index contributed by atoms with van der Waals surface area (Å²) in [4.78, 5) is 28.0. The van der Waals surface area contributed by atoms with Crippen LogP contribution in [0.3, 0.4) is 0 Å². The molecule has 1 saturated heterocycles. The summed E-state index contributed by atoms with van der Waals surface area (Å²) >= 11 is 2.33. The predicted molar refractivity (Wildman–Crippen MR) is 149 cm³/mol. The number of fused-ring (bicyclic) bond motifs is 1. The molecule has 1 fully saturated rings. The third-order valence-electron chi connectivity index (χ3n) is 6.71. The van der Waals surface area contributed by atoms with Gasteiger partial charge in [0.05, 0.1) is 11.6 Å². The molecule has 4 aromatic rings. The number of phenols is 1. The van der Waals surface area contributed by atoms with E-state index in [2.05, 4.69) is 10.2 Å². The van der Waals surface area contributed by atoms with Gasteiger partial charge in [-0.05, 0) is 60.0 Å². The Labute approximate surface area is 236 Å². The number of carbonyl (C=O) groups is 2. The lowest BCUT2D eigenvalue weighted by atomic mass is 9.94. The lowest BCUT2D eigenvalue weighted by molar-refractivity contribution is -0.132. The van der Waals surface area contributed by atoms with Gasteiger partial charge in [0.25, 0.3) is 5.78 Å². The third-order valence-corrected chi connectivity index (χ3v) is 8.82. The maximum absolute atomic E-state index is 14.1. The Morgan fingerprint density at radius 1 is 1.12 bits per heavy atom. The van der Waals surface area contributed by atoms with Crippen molar-refractivity contribution in [2.75, 3.05) is 4.90 Å². The van der Waals surface area contributed by atoms with Crippen LogP contribution in [0.2, 0.25) is 0 Å². The van der Waals surface area contributed by atoms with Crippen molar-refractivity contribution in [3.63, 3.8) is 0 Å². The third kappa shape index (κ3) is 4.71. The minimum absolute atomic E-state index is 0.00637. The number of anilines is 1. The summed E-state index contributed by atoms with van der Waals surface area (Å²) in [5, 5.41) is 30.1. The normalized spacial score (nSPS) is 19.6. The quantitative estimate of drug-likeness (QED) is 0.100. The number of thioether (sulfide) groups is 1. The Balaban J connectivity index is 1.39. The molecule has 11 heteroatoms. The van der Waals surface area contributed by atoms with E-state index in [1.807, 2.05) is 6.92 Å². The molecule has 2 N–H and O–H groups in total. The molecular formula is C29H22FN3O5S2. The second-order valence-corrected chi connectivity index (χ2v) is 11.6. The lowest BCUT2D eigenvalue weighted by Gasteiger charge is -2.22. The Morgan fingerprint density at radius 2 is 1.95 bits per heavy atom. The molecule has 2 unspecified atom stereocenters. The van der Waals surface area contributed by atoms with Crippen LogP contribution < -0.4 is 9.64 Å². The molecule has 1 amide bonds. The van der Waals surface area contributed by atoms with Gasteiger partial charge in [-0.15, -0.1) is 10.2 Å². The van der Waals surface area contributed by atoms with Crippen molar-refractivity contribution in [3.05, 3.63) is 100 Å². The fourth-order valence-corrected chi connectivity index (χ4v) is 6.73. The first-order chi connectivity index (χ1) is 19.3. The summed E-state index contributed by atoms with van der Waals surface area (Å²) in [7, 11) is 0. The molecule has 3 aromatic carbocycles. The molecule has 0 saturated carbocycles. The van der Waals surface area contributed by atoms with Crippen LogP contribution in [-0.4, -0.2) is 38.2 Å². The second kappa shape index (κ2) is 10.4. The van der Waals surface area contributed by atoms with Gasteiger partial charge in [-0.25, -0.2) is 4.39 Å². The van der Waals surface area contributed by atoms with Crippen LogP contribution in [0, 0.1) is 5.82 Å². The monoisotopic (exact) mass is 575 g/mol. The number of halogens is 1. The van der Waals surface area contributed by atoms with E-state index in [9.17, 15) is 24.2 Å². The number of nitrogens with zero attached hydrogens (tertiary/aromatic N) is 3. The number of hydrogen-bond acceptors (Lipinski definition) is 9.